The van der Waals surface area contributed by atoms with Gasteiger partial charge >= 0.3 is 37.7 Å². The smallest absolute Gasteiger partial charge is 0.851 e. The number of fused-ring (bicyclic) bond motifs is 2. The molecule has 0 amide bonds. The van der Waals surface area contributed by atoms with Gasteiger partial charge in [-0.15, -0.1) is 12.2 Å². The number of ketones is 4. The Hall–Kier alpha value is -1.70. The third-order valence-corrected chi connectivity index (χ3v) is 6.20. The molecular weight excluding hydrogens is 472 g/mol. The Morgan fingerprint density at radius 2 is 0.800 bits per heavy atom. The molecule has 180 valence electrons. The number of Topliss-reactive ketones (excluding diaryl/α,β-unsaturated/α-hetero) is 4. The van der Waals surface area contributed by atoms with E-state index in [1.165, 1.54) is 0 Å². The van der Waals surface area contributed by atoms with E-state index in [0.29, 0.717) is 35.1 Å². The van der Waals surface area contributed by atoms with Gasteiger partial charge in [-0.05, 0) is 11.8 Å². The molecule has 2 atom stereocenters. The molecule has 2 aromatic rings. The third-order valence-electron chi connectivity index (χ3n) is 6.20. The summed E-state index contributed by atoms with van der Waals surface area (Å²) in [4.78, 5) is 48.0. The largest absolute Gasteiger partial charge is 2.00 e. The van der Waals surface area contributed by atoms with Crippen molar-refractivity contribution in [2.24, 2.45) is 23.7 Å². The Labute approximate surface area is 236 Å². The van der Waals surface area contributed by atoms with Crippen LogP contribution in [0.15, 0.2) is 48.5 Å². The molecule has 7 heteroatoms. The normalized spacial score (nSPS) is 17.1. The van der Waals surface area contributed by atoms with Crippen LogP contribution >= 0.6 is 0 Å². The summed E-state index contributed by atoms with van der Waals surface area (Å²) in [7, 11) is 0. The third kappa shape index (κ3) is 6.36. The summed E-state index contributed by atoms with van der Waals surface area (Å²) >= 11 is 0. The number of carbonyl (C=O) groups excluding carboxylic acids is 4. The van der Waals surface area contributed by atoms with Crippen molar-refractivity contribution in [2.45, 2.75) is 52.7 Å². The predicted molar refractivity (Wildman–Crippen MR) is 129 cm³/mol. The first-order valence-electron chi connectivity index (χ1n) is 11.7. The maximum absolute atomic E-state index is 12.0. The SMILES string of the molecule is CC(C)CC([O-])C1C(=O)c2ccccc2C1=O.CC(C)CC([O-])C1C(=O)c2ccccc2C1=O.[Ca+2]. The van der Waals surface area contributed by atoms with E-state index in [9.17, 15) is 29.4 Å². The van der Waals surface area contributed by atoms with Crippen molar-refractivity contribution in [3.63, 3.8) is 0 Å². The molecule has 0 aliphatic heterocycles. The van der Waals surface area contributed by atoms with Gasteiger partial charge in [0.25, 0.3) is 0 Å². The molecule has 2 aromatic carbocycles. The van der Waals surface area contributed by atoms with Crippen LogP contribution in [0.2, 0.25) is 0 Å². The van der Waals surface area contributed by atoms with E-state index in [0.717, 1.165) is 0 Å². The van der Waals surface area contributed by atoms with Gasteiger partial charge in [0.2, 0.25) is 0 Å². The monoisotopic (exact) mass is 502 g/mol. The Balaban J connectivity index is 0.000000240. The summed E-state index contributed by atoms with van der Waals surface area (Å²) < 4.78 is 0. The van der Waals surface area contributed by atoms with E-state index in [2.05, 4.69) is 0 Å². The standard InChI is InChI=1S/2C14H15O3.Ca/c2*1-8(2)7-11(15)12-13(16)9-5-3-4-6-10(9)14(12)17;/h2*3-6,8,11-12H,7H2,1-2H3;/q2*-1;+2. The number of rotatable bonds is 6. The summed E-state index contributed by atoms with van der Waals surface area (Å²) in [5.41, 5.74) is 1.64. The van der Waals surface area contributed by atoms with Gasteiger partial charge in [-0.3, -0.25) is 19.2 Å². The van der Waals surface area contributed by atoms with Crippen molar-refractivity contribution in [1.29, 1.82) is 0 Å². The Morgan fingerprint density at radius 1 is 0.571 bits per heavy atom. The zero-order valence-corrected chi connectivity index (χ0v) is 22.9. The maximum atomic E-state index is 12.0. The molecule has 0 heterocycles. The van der Waals surface area contributed by atoms with Crippen LogP contribution in [0.1, 0.15) is 82.0 Å². The van der Waals surface area contributed by atoms with Gasteiger partial charge in [0.05, 0.1) is 11.8 Å². The number of hydrogen-bond donors (Lipinski definition) is 0. The van der Waals surface area contributed by atoms with Crippen LogP contribution in [-0.2, 0) is 0 Å². The van der Waals surface area contributed by atoms with E-state index in [1.807, 2.05) is 27.7 Å². The second-order valence-corrected chi connectivity index (χ2v) is 9.84. The van der Waals surface area contributed by atoms with Crippen LogP contribution in [0.3, 0.4) is 0 Å². The molecule has 0 radical (unpaired) electrons. The summed E-state index contributed by atoms with van der Waals surface area (Å²) in [5.74, 6) is -2.82. The van der Waals surface area contributed by atoms with Gasteiger partial charge in [0, 0.05) is 22.3 Å². The molecular formula is C28H30CaO6. The molecule has 35 heavy (non-hydrogen) atoms. The van der Waals surface area contributed by atoms with Crippen LogP contribution in [0, 0.1) is 23.7 Å². The average Bonchev–Trinajstić information content (AvgIpc) is 3.18. The first kappa shape index (κ1) is 29.5. The van der Waals surface area contributed by atoms with E-state index < -0.39 is 24.0 Å². The molecule has 0 fully saturated rings. The summed E-state index contributed by atoms with van der Waals surface area (Å²) in [5, 5.41) is 24.0. The van der Waals surface area contributed by atoms with Crippen LogP contribution in [0.25, 0.3) is 0 Å². The molecule has 0 spiro atoms. The summed E-state index contributed by atoms with van der Waals surface area (Å²) in [6, 6.07) is 13.4. The summed E-state index contributed by atoms with van der Waals surface area (Å²) in [6.45, 7) is 7.67. The van der Waals surface area contributed by atoms with Crippen molar-refractivity contribution in [3.8, 4) is 0 Å². The number of carbonyl (C=O) groups is 4. The molecule has 4 rings (SSSR count). The fraction of sp³-hybridized carbons (Fsp3) is 0.429. The molecule has 2 aliphatic carbocycles. The first-order valence-corrected chi connectivity index (χ1v) is 11.7. The molecule has 0 N–H and O–H groups in total. The van der Waals surface area contributed by atoms with Crippen molar-refractivity contribution in [3.05, 3.63) is 70.8 Å². The quantitative estimate of drug-likeness (QED) is 0.443. The van der Waals surface area contributed by atoms with Crippen molar-refractivity contribution in [2.75, 3.05) is 0 Å². The molecule has 6 nitrogen and oxygen atoms in total. The van der Waals surface area contributed by atoms with Gasteiger partial charge in [0.15, 0.2) is 23.1 Å². The van der Waals surface area contributed by atoms with E-state index in [4.69, 9.17) is 0 Å². The molecule has 2 aliphatic rings. The van der Waals surface area contributed by atoms with Crippen molar-refractivity contribution < 1.29 is 29.4 Å². The summed E-state index contributed by atoms with van der Waals surface area (Å²) in [6.07, 6.45) is -1.53. The van der Waals surface area contributed by atoms with Crippen LogP contribution in [-0.4, -0.2) is 73.1 Å². The van der Waals surface area contributed by atoms with Crippen LogP contribution in [0.4, 0.5) is 0 Å². The van der Waals surface area contributed by atoms with Gasteiger partial charge in [-0.2, -0.15) is 0 Å². The molecule has 0 saturated heterocycles. The second-order valence-electron chi connectivity index (χ2n) is 9.84. The fourth-order valence-corrected chi connectivity index (χ4v) is 4.61. The molecule has 0 aromatic heterocycles. The number of hydrogen-bond acceptors (Lipinski definition) is 6. The minimum atomic E-state index is -1.12. The van der Waals surface area contributed by atoms with Crippen molar-refractivity contribution >= 4 is 60.9 Å². The van der Waals surface area contributed by atoms with E-state index in [1.54, 1.807) is 48.5 Å². The van der Waals surface area contributed by atoms with E-state index in [-0.39, 0.29) is 72.7 Å². The number of benzene rings is 2. The van der Waals surface area contributed by atoms with Gasteiger partial charge in [-0.25, -0.2) is 0 Å². The predicted octanol–water partition coefficient (Wildman–Crippen LogP) is 2.53. The van der Waals surface area contributed by atoms with Gasteiger partial charge in [-0.1, -0.05) is 89.1 Å². The van der Waals surface area contributed by atoms with Gasteiger partial charge in [0.1, 0.15) is 0 Å². The maximum Gasteiger partial charge on any atom is 2.00 e. The average molecular weight is 503 g/mol. The Morgan fingerprint density at radius 3 is 1.00 bits per heavy atom. The van der Waals surface area contributed by atoms with Crippen LogP contribution < -0.4 is 10.2 Å². The molecule has 0 saturated carbocycles. The van der Waals surface area contributed by atoms with E-state index >= 15 is 0 Å². The molecule has 2 unspecified atom stereocenters. The zero-order chi connectivity index (χ0) is 25.2. The van der Waals surface area contributed by atoms with Crippen molar-refractivity contribution in [1.82, 2.24) is 0 Å². The topological polar surface area (TPSA) is 114 Å². The minimum absolute atomic E-state index is 0. The minimum Gasteiger partial charge on any atom is -0.851 e. The second kappa shape index (κ2) is 12.5. The fourth-order valence-electron chi connectivity index (χ4n) is 4.61. The molecule has 0 bridgehead atoms. The first-order chi connectivity index (χ1) is 16.0. The van der Waals surface area contributed by atoms with Gasteiger partial charge < -0.3 is 10.2 Å². The zero-order valence-electron chi connectivity index (χ0n) is 20.7. The Bertz CT molecular complexity index is 949. The Kier molecular flexibility index (Phi) is 10.6. The van der Waals surface area contributed by atoms with Crippen LogP contribution in [0.5, 0.6) is 0 Å².